The van der Waals surface area contributed by atoms with Crippen LogP contribution in [0, 0.1) is 23.7 Å². The van der Waals surface area contributed by atoms with Gasteiger partial charge in [0, 0.05) is 5.69 Å². The number of benzene rings is 1. The number of hydrogen-bond donors (Lipinski definition) is 2. The predicted octanol–water partition coefficient (Wildman–Crippen LogP) is 3.33. The zero-order chi connectivity index (χ0) is 17.4. The highest BCUT2D eigenvalue weighted by atomic mass is 16.5. The topological polar surface area (TPSA) is 75.6 Å². The Kier molecular flexibility index (Phi) is 4.35. The number of carboxylic acid groups (broad SMARTS) is 1. The summed E-state index contributed by atoms with van der Waals surface area (Å²) >= 11 is 0. The van der Waals surface area contributed by atoms with E-state index in [9.17, 15) is 14.7 Å². The quantitative estimate of drug-likeness (QED) is 0.831. The zero-order valence-corrected chi connectivity index (χ0v) is 14.2. The van der Waals surface area contributed by atoms with E-state index in [1.54, 1.807) is 31.4 Å². The fourth-order valence-corrected chi connectivity index (χ4v) is 4.50. The summed E-state index contributed by atoms with van der Waals surface area (Å²) in [5.41, 5.74) is 3.01. The van der Waals surface area contributed by atoms with Crippen molar-refractivity contribution in [3.8, 4) is 5.75 Å². The number of hydrogen-bond acceptors (Lipinski definition) is 3. The zero-order valence-electron chi connectivity index (χ0n) is 14.2. The number of fused-ring (bicyclic) bond motifs is 2. The Morgan fingerprint density at radius 3 is 2.17 bits per heavy atom. The molecule has 5 nitrogen and oxygen atoms in total. The third-order valence-electron chi connectivity index (χ3n) is 5.36. The van der Waals surface area contributed by atoms with Gasteiger partial charge < -0.3 is 15.2 Å². The van der Waals surface area contributed by atoms with Crippen molar-refractivity contribution in [1.29, 1.82) is 0 Å². The van der Waals surface area contributed by atoms with Crippen molar-refractivity contribution in [2.45, 2.75) is 26.7 Å². The third-order valence-corrected chi connectivity index (χ3v) is 5.36. The molecule has 2 aliphatic rings. The van der Waals surface area contributed by atoms with Crippen molar-refractivity contribution < 1.29 is 19.4 Å². The summed E-state index contributed by atoms with van der Waals surface area (Å²) in [7, 11) is 1.58. The molecular formula is C19H23NO4. The third kappa shape index (κ3) is 2.68. The van der Waals surface area contributed by atoms with E-state index >= 15 is 0 Å². The van der Waals surface area contributed by atoms with E-state index in [1.165, 1.54) is 5.57 Å². The Morgan fingerprint density at radius 2 is 1.67 bits per heavy atom. The van der Waals surface area contributed by atoms with E-state index < -0.39 is 17.8 Å². The first-order chi connectivity index (χ1) is 11.4. The van der Waals surface area contributed by atoms with Crippen LogP contribution in [-0.4, -0.2) is 24.1 Å². The van der Waals surface area contributed by atoms with E-state index in [4.69, 9.17) is 4.74 Å². The van der Waals surface area contributed by atoms with Crippen molar-refractivity contribution >= 4 is 17.6 Å². The van der Waals surface area contributed by atoms with Crippen molar-refractivity contribution in [3.05, 3.63) is 35.4 Å². The Labute approximate surface area is 141 Å². The second-order valence-electron chi connectivity index (χ2n) is 6.85. The minimum absolute atomic E-state index is 0.00381. The van der Waals surface area contributed by atoms with Gasteiger partial charge in [-0.1, -0.05) is 11.1 Å². The van der Waals surface area contributed by atoms with Gasteiger partial charge in [0.15, 0.2) is 0 Å². The predicted molar refractivity (Wildman–Crippen MR) is 90.8 cm³/mol. The van der Waals surface area contributed by atoms with Gasteiger partial charge in [-0.2, -0.15) is 0 Å². The average Bonchev–Trinajstić information content (AvgIpc) is 3.11. The van der Waals surface area contributed by atoms with Crippen LogP contribution in [0.15, 0.2) is 35.4 Å². The molecule has 4 atom stereocenters. The summed E-state index contributed by atoms with van der Waals surface area (Å²) in [6, 6.07) is 7.07. The van der Waals surface area contributed by atoms with Gasteiger partial charge in [-0.3, -0.25) is 9.59 Å². The number of methoxy groups -OCH3 is 1. The summed E-state index contributed by atoms with van der Waals surface area (Å²) in [4.78, 5) is 24.6. The highest BCUT2D eigenvalue weighted by Gasteiger charge is 2.57. The van der Waals surface area contributed by atoms with Crippen LogP contribution in [0.3, 0.4) is 0 Å². The minimum Gasteiger partial charge on any atom is -0.497 e. The molecule has 0 aromatic heterocycles. The molecule has 0 spiro atoms. The summed E-state index contributed by atoms with van der Waals surface area (Å²) in [6.45, 7) is 4.03. The lowest BCUT2D eigenvalue weighted by atomic mass is 9.78. The molecule has 1 amide bonds. The van der Waals surface area contributed by atoms with Crippen molar-refractivity contribution in [2.75, 3.05) is 12.4 Å². The molecule has 0 radical (unpaired) electrons. The number of nitrogens with one attached hydrogen (secondary N) is 1. The van der Waals surface area contributed by atoms with Crippen LogP contribution in [0.4, 0.5) is 5.69 Å². The van der Waals surface area contributed by atoms with Gasteiger partial charge in [0.05, 0.1) is 18.9 Å². The van der Waals surface area contributed by atoms with Crippen LogP contribution >= 0.6 is 0 Å². The molecule has 0 heterocycles. The molecule has 2 fully saturated rings. The Bertz CT molecular complexity index is 688. The van der Waals surface area contributed by atoms with Crippen LogP contribution < -0.4 is 10.1 Å². The molecule has 24 heavy (non-hydrogen) atoms. The molecule has 0 aliphatic heterocycles. The van der Waals surface area contributed by atoms with Gasteiger partial charge in [0.25, 0.3) is 0 Å². The van der Waals surface area contributed by atoms with Gasteiger partial charge in [-0.05, 0) is 62.8 Å². The largest absolute Gasteiger partial charge is 0.497 e. The van der Waals surface area contributed by atoms with Crippen LogP contribution in [0.2, 0.25) is 0 Å². The summed E-state index contributed by atoms with van der Waals surface area (Å²) in [5.74, 6) is -1.40. The van der Waals surface area contributed by atoms with E-state index in [1.807, 2.05) is 13.8 Å². The first-order valence-corrected chi connectivity index (χ1v) is 8.29. The number of ether oxygens (including phenoxy) is 1. The number of carbonyl (C=O) groups is 2. The molecule has 1 aromatic rings. The second kappa shape index (κ2) is 6.30. The lowest BCUT2D eigenvalue weighted by Gasteiger charge is -2.26. The number of rotatable bonds is 4. The molecule has 2 N–H and O–H groups in total. The normalized spacial score (nSPS) is 27.9. The Morgan fingerprint density at radius 1 is 1.08 bits per heavy atom. The van der Waals surface area contributed by atoms with Crippen LogP contribution in [-0.2, 0) is 9.59 Å². The number of allylic oxidation sites excluding steroid dienone is 2. The highest BCUT2D eigenvalue weighted by Crippen LogP contribution is 2.57. The molecule has 128 valence electrons. The average molecular weight is 329 g/mol. The van der Waals surface area contributed by atoms with Crippen LogP contribution in [0.1, 0.15) is 26.7 Å². The maximum absolute atomic E-state index is 12.8. The molecule has 2 aliphatic carbocycles. The lowest BCUT2D eigenvalue weighted by Crippen LogP contribution is -2.37. The maximum atomic E-state index is 12.8. The van der Waals surface area contributed by atoms with E-state index in [-0.39, 0.29) is 17.7 Å². The van der Waals surface area contributed by atoms with Crippen molar-refractivity contribution in [1.82, 2.24) is 0 Å². The van der Waals surface area contributed by atoms with E-state index in [0.717, 1.165) is 18.4 Å². The second-order valence-corrected chi connectivity index (χ2v) is 6.85. The van der Waals surface area contributed by atoms with E-state index in [2.05, 4.69) is 5.32 Å². The molecule has 1 aromatic carbocycles. The first kappa shape index (κ1) is 16.6. The molecule has 3 rings (SSSR count). The molecule has 0 unspecified atom stereocenters. The summed E-state index contributed by atoms with van der Waals surface area (Å²) in [6.07, 6.45) is 1.77. The number of amides is 1. The maximum Gasteiger partial charge on any atom is 0.307 e. The van der Waals surface area contributed by atoms with Gasteiger partial charge in [0.2, 0.25) is 5.91 Å². The molecule has 2 saturated carbocycles. The standard InChI is InChI=1S/C19H23NO4/c1-10(2)15-13-8-9-14(15)17(19(22)23)16(13)18(21)20-11-4-6-12(24-3)7-5-11/h4-7,13-14,16-17H,8-9H2,1-3H3,(H,20,21)(H,22,23)/t13-,14-,16-,17+/m0/s1. The summed E-state index contributed by atoms with van der Waals surface area (Å²) in [5, 5.41) is 12.6. The monoisotopic (exact) mass is 329 g/mol. The van der Waals surface area contributed by atoms with Gasteiger partial charge in [-0.25, -0.2) is 0 Å². The summed E-state index contributed by atoms with van der Waals surface area (Å²) < 4.78 is 5.11. The number of aliphatic carboxylic acids is 1. The lowest BCUT2D eigenvalue weighted by molar-refractivity contribution is -0.148. The van der Waals surface area contributed by atoms with Gasteiger partial charge in [0.1, 0.15) is 5.75 Å². The van der Waals surface area contributed by atoms with Gasteiger partial charge >= 0.3 is 5.97 Å². The minimum atomic E-state index is -0.865. The highest BCUT2D eigenvalue weighted by molar-refractivity contribution is 5.96. The van der Waals surface area contributed by atoms with E-state index in [0.29, 0.717) is 11.4 Å². The van der Waals surface area contributed by atoms with Crippen molar-refractivity contribution in [3.63, 3.8) is 0 Å². The number of carboxylic acids is 1. The van der Waals surface area contributed by atoms with Crippen LogP contribution in [0.25, 0.3) is 0 Å². The fourth-order valence-electron chi connectivity index (χ4n) is 4.50. The number of anilines is 1. The molecule has 5 heteroatoms. The van der Waals surface area contributed by atoms with Crippen LogP contribution in [0.5, 0.6) is 5.75 Å². The molecular weight excluding hydrogens is 306 g/mol. The Hall–Kier alpha value is -2.30. The number of carbonyl (C=O) groups excluding carboxylic acids is 1. The molecule has 2 bridgehead atoms. The fraction of sp³-hybridized carbons (Fsp3) is 0.474. The SMILES string of the molecule is COc1ccc(NC(=O)[C@@H]2[C@H](C(=O)O)[C@H]3CC[C@H]2C3=C(C)C)cc1. The Balaban J connectivity index is 1.85. The molecule has 0 saturated heterocycles. The first-order valence-electron chi connectivity index (χ1n) is 8.29. The van der Waals surface area contributed by atoms with Crippen molar-refractivity contribution in [2.24, 2.45) is 23.7 Å². The smallest absolute Gasteiger partial charge is 0.307 e. The van der Waals surface area contributed by atoms with Gasteiger partial charge in [-0.15, -0.1) is 0 Å².